The second-order valence-electron chi connectivity index (χ2n) is 3.74. The molecular weight excluding hydrogens is 271 g/mol. The molecule has 0 aliphatic rings. The molecule has 2 N–H and O–H groups in total. The summed E-state index contributed by atoms with van der Waals surface area (Å²) in [5.74, 6) is 2.52. The predicted molar refractivity (Wildman–Crippen MR) is 76.1 cm³/mol. The average Bonchev–Trinajstić information content (AvgIpc) is 2.33. The van der Waals surface area contributed by atoms with E-state index in [9.17, 15) is 4.79 Å². The third-order valence-electron chi connectivity index (χ3n) is 2.26. The lowest BCUT2D eigenvalue weighted by atomic mass is 10.2. The summed E-state index contributed by atoms with van der Waals surface area (Å²) in [6.45, 7) is 2.00. The average molecular weight is 285 g/mol. The number of hydrogen-bond donors (Lipinski definition) is 2. The molecule has 1 unspecified atom stereocenters. The van der Waals surface area contributed by atoms with Crippen molar-refractivity contribution in [3.8, 4) is 12.3 Å². The summed E-state index contributed by atoms with van der Waals surface area (Å²) in [6, 6.07) is 4.24. The van der Waals surface area contributed by atoms with Crippen molar-refractivity contribution < 1.29 is 4.79 Å². The number of carbonyl (C=O) groups is 1. The first-order valence-electron chi connectivity index (χ1n) is 5.55. The van der Waals surface area contributed by atoms with Crippen LogP contribution in [-0.4, -0.2) is 12.1 Å². The minimum atomic E-state index is -0.357. The molecule has 0 radical (unpaired) electrons. The van der Waals surface area contributed by atoms with Crippen LogP contribution in [0.25, 0.3) is 0 Å². The Morgan fingerprint density at radius 3 is 2.72 bits per heavy atom. The number of carbonyl (C=O) groups excluding carboxylic acids is 1. The topological polar surface area (TPSA) is 41.1 Å². The maximum atomic E-state index is 11.7. The van der Waals surface area contributed by atoms with Crippen LogP contribution in [0.15, 0.2) is 18.2 Å². The van der Waals surface area contributed by atoms with Crippen molar-refractivity contribution in [2.75, 3.05) is 5.32 Å². The zero-order chi connectivity index (χ0) is 13.5. The van der Waals surface area contributed by atoms with E-state index in [2.05, 4.69) is 16.6 Å². The molecule has 0 heterocycles. The van der Waals surface area contributed by atoms with E-state index in [-0.39, 0.29) is 12.1 Å². The number of hydrogen-bond acceptors (Lipinski definition) is 1. The first-order valence-corrected chi connectivity index (χ1v) is 6.31. The molecule has 1 aromatic carbocycles. The number of benzene rings is 1. The normalized spacial score (nSPS) is 11.4. The van der Waals surface area contributed by atoms with Crippen LogP contribution in [0.2, 0.25) is 10.0 Å². The minimum absolute atomic E-state index is 0.266. The molecule has 0 spiro atoms. The second-order valence-corrected chi connectivity index (χ2v) is 4.55. The van der Waals surface area contributed by atoms with E-state index < -0.39 is 0 Å². The highest BCUT2D eigenvalue weighted by molar-refractivity contribution is 6.42. The van der Waals surface area contributed by atoms with Crippen molar-refractivity contribution in [1.29, 1.82) is 0 Å². The van der Waals surface area contributed by atoms with Crippen LogP contribution in [0.4, 0.5) is 10.5 Å². The molecule has 1 atom stereocenters. The van der Waals surface area contributed by atoms with Gasteiger partial charge >= 0.3 is 6.03 Å². The van der Waals surface area contributed by atoms with Crippen molar-refractivity contribution in [2.45, 2.75) is 25.8 Å². The van der Waals surface area contributed by atoms with Crippen molar-refractivity contribution in [2.24, 2.45) is 0 Å². The van der Waals surface area contributed by atoms with E-state index in [0.717, 1.165) is 12.8 Å². The lowest BCUT2D eigenvalue weighted by molar-refractivity contribution is 0.250. The van der Waals surface area contributed by atoms with Crippen LogP contribution >= 0.6 is 23.2 Å². The molecule has 0 fully saturated rings. The van der Waals surface area contributed by atoms with Crippen LogP contribution in [0, 0.1) is 12.3 Å². The number of amides is 2. The molecule has 5 heteroatoms. The Kier molecular flexibility index (Phi) is 5.84. The zero-order valence-corrected chi connectivity index (χ0v) is 11.5. The van der Waals surface area contributed by atoms with Gasteiger partial charge in [-0.05, 0) is 24.6 Å². The minimum Gasteiger partial charge on any atom is -0.324 e. The van der Waals surface area contributed by atoms with Gasteiger partial charge in [0.2, 0.25) is 0 Å². The van der Waals surface area contributed by atoms with Gasteiger partial charge in [-0.25, -0.2) is 4.79 Å². The maximum absolute atomic E-state index is 11.7. The van der Waals surface area contributed by atoms with Gasteiger partial charge in [0.05, 0.1) is 16.1 Å². The second kappa shape index (κ2) is 7.15. The molecular formula is C13H14Cl2N2O. The van der Waals surface area contributed by atoms with Gasteiger partial charge in [-0.15, -0.1) is 6.42 Å². The molecule has 2 amide bonds. The Bertz CT molecular complexity index is 469. The molecule has 0 saturated heterocycles. The van der Waals surface area contributed by atoms with Crippen LogP contribution in [0.3, 0.4) is 0 Å². The Labute approximate surface area is 117 Å². The summed E-state index contributed by atoms with van der Waals surface area (Å²) in [5, 5.41) is 6.16. The van der Waals surface area contributed by atoms with Gasteiger partial charge in [-0.2, -0.15) is 0 Å². The summed E-state index contributed by atoms with van der Waals surface area (Å²) >= 11 is 11.6. The molecule has 3 nitrogen and oxygen atoms in total. The van der Waals surface area contributed by atoms with Gasteiger partial charge in [-0.3, -0.25) is 0 Å². The highest BCUT2D eigenvalue weighted by atomic mass is 35.5. The van der Waals surface area contributed by atoms with E-state index in [0.29, 0.717) is 15.7 Å². The predicted octanol–water partition coefficient (Wildman–Crippen LogP) is 3.92. The summed E-state index contributed by atoms with van der Waals surface area (Å²) in [4.78, 5) is 11.7. The summed E-state index contributed by atoms with van der Waals surface area (Å²) in [7, 11) is 0. The van der Waals surface area contributed by atoms with Gasteiger partial charge in [0.1, 0.15) is 0 Å². The van der Waals surface area contributed by atoms with E-state index in [1.165, 1.54) is 0 Å². The van der Waals surface area contributed by atoms with Gasteiger partial charge in [-0.1, -0.05) is 42.5 Å². The van der Waals surface area contributed by atoms with Crippen molar-refractivity contribution >= 4 is 34.9 Å². The molecule has 1 aromatic rings. The third-order valence-corrected chi connectivity index (χ3v) is 3.00. The van der Waals surface area contributed by atoms with Crippen LogP contribution in [0.5, 0.6) is 0 Å². The van der Waals surface area contributed by atoms with Gasteiger partial charge in [0, 0.05) is 5.69 Å². The van der Waals surface area contributed by atoms with Crippen LogP contribution in [0.1, 0.15) is 19.8 Å². The number of nitrogens with one attached hydrogen (secondary N) is 2. The Hall–Kier alpha value is -1.37. The quantitative estimate of drug-likeness (QED) is 0.809. The standard InChI is InChI=1S/C13H14Cl2N2O/c1-3-5-9(4-2)16-13(18)17-10-6-7-11(14)12(15)8-10/h2,6-9H,3,5H2,1H3,(H2,16,17,18). The highest BCUT2D eigenvalue weighted by Crippen LogP contribution is 2.24. The molecule has 18 heavy (non-hydrogen) atoms. The lowest BCUT2D eigenvalue weighted by Gasteiger charge is -2.13. The Morgan fingerprint density at radius 2 is 2.17 bits per heavy atom. The summed E-state index contributed by atoms with van der Waals surface area (Å²) in [5.41, 5.74) is 0.564. The molecule has 0 saturated carbocycles. The molecule has 1 rings (SSSR count). The van der Waals surface area contributed by atoms with E-state index in [4.69, 9.17) is 29.6 Å². The fourth-order valence-electron chi connectivity index (χ4n) is 1.39. The number of halogens is 2. The lowest BCUT2D eigenvalue weighted by Crippen LogP contribution is -2.36. The monoisotopic (exact) mass is 284 g/mol. The zero-order valence-electron chi connectivity index (χ0n) is 9.97. The number of anilines is 1. The van der Waals surface area contributed by atoms with Gasteiger partial charge < -0.3 is 10.6 Å². The van der Waals surface area contributed by atoms with Crippen LogP contribution < -0.4 is 10.6 Å². The molecule has 0 aliphatic carbocycles. The molecule has 96 valence electrons. The smallest absolute Gasteiger partial charge is 0.320 e. The molecule has 0 aromatic heterocycles. The fraction of sp³-hybridized carbons (Fsp3) is 0.308. The highest BCUT2D eigenvalue weighted by Gasteiger charge is 2.09. The van der Waals surface area contributed by atoms with E-state index >= 15 is 0 Å². The van der Waals surface area contributed by atoms with Crippen molar-refractivity contribution in [3.63, 3.8) is 0 Å². The fourth-order valence-corrected chi connectivity index (χ4v) is 1.68. The summed E-state index contributed by atoms with van der Waals surface area (Å²) < 4.78 is 0. The van der Waals surface area contributed by atoms with Gasteiger partial charge in [0.15, 0.2) is 0 Å². The van der Waals surface area contributed by atoms with Crippen molar-refractivity contribution in [1.82, 2.24) is 5.32 Å². The van der Waals surface area contributed by atoms with Crippen LogP contribution in [-0.2, 0) is 0 Å². The largest absolute Gasteiger partial charge is 0.324 e. The number of terminal acetylenes is 1. The number of rotatable bonds is 4. The first kappa shape index (κ1) is 14.7. The maximum Gasteiger partial charge on any atom is 0.320 e. The Balaban J connectivity index is 2.59. The van der Waals surface area contributed by atoms with Gasteiger partial charge in [0.25, 0.3) is 0 Å². The third kappa shape index (κ3) is 4.48. The SMILES string of the molecule is C#CC(CCC)NC(=O)Nc1ccc(Cl)c(Cl)c1. The van der Waals surface area contributed by atoms with E-state index in [1.54, 1.807) is 18.2 Å². The first-order chi connectivity index (χ1) is 8.56. The number of urea groups is 1. The Morgan fingerprint density at radius 1 is 1.44 bits per heavy atom. The summed E-state index contributed by atoms with van der Waals surface area (Å²) in [6.07, 6.45) is 6.96. The van der Waals surface area contributed by atoms with Crippen molar-refractivity contribution in [3.05, 3.63) is 28.2 Å². The molecule has 0 aliphatic heterocycles. The van der Waals surface area contributed by atoms with E-state index in [1.807, 2.05) is 6.92 Å². The molecule has 0 bridgehead atoms.